The van der Waals surface area contributed by atoms with Crippen molar-refractivity contribution < 1.29 is 9.53 Å². The molecule has 3 rings (SSSR count). The van der Waals surface area contributed by atoms with Crippen molar-refractivity contribution in [2.24, 2.45) is 35.0 Å². The van der Waals surface area contributed by atoms with Crippen molar-refractivity contribution in [3.63, 3.8) is 0 Å². The predicted molar refractivity (Wildman–Crippen MR) is 150 cm³/mol. The molecule has 0 aliphatic heterocycles. The molecule has 0 N–H and O–H groups in total. The van der Waals surface area contributed by atoms with Crippen LogP contribution in [0.2, 0.25) is 0 Å². The fraction of sp³-hybridized carbons (Fsp3) is 0.968. The number of rotatable bonds is 17. The van der Waals surface area contributed by atoms with Crippen LogP contribution in [-0.2, 0) is 9.53 Å². The number of alkyl halides is 1. The van der Waals surface area contributed by atoms with Crippen LogP contribution in [0, 0.1) is 35.0 Å². The van der Waals surface area contributed by atoms with Gasteiger partial charge < -0.3 is 4.74 Å². The molecule has 4 heteroatoms. The van der Waals surface area contributed by atoms with Crippen LogP contribution >= 0.6 is 23.2 Å². The van der Waals surface area contributed by atoms with E-state index in [1.807, 2.05) is 0 Å². The molecular formula is C31H54Cl2O2. The lowest BCUT2D eigenvalue weighted by Gasteiger charge is -2.46. The first-order chi connectivity index (χ1) is 17.1. The van der Waals surface area contributed by atoms with E-state index >= 15 is 0 Å². The predicted octanol–water partition coefficient (Wildman–Crippen LogP) is 10.3. The van der Waals surface area contributed by atoms with Crippen LogP contribution in [0.5, 0.6) is 0 Å². The molecule has 0 bridgehead atoms. The second-order valence-electron chi connectivity index (χ2n) is 12.3. The van der Waals surface area contributed by atoms with E-state index in [-0.39, 0.29) is 11.2 Å². The fourth-order valence-electron chi connectivity index (χ4n) is 8.75. The lowest BCUT2D eigenvalue weighted by Crippen LogP contribution is -2.39. The van der Waals surface area contributed by atoms with E-state index in [2.05, 4.69) is 13.8 Å². The Morgan fingerprint density at radius 1 is 0.743 bits per heavy atom. The Bertz CT molecular complexity index is 593. The molecule has 3 fully saturated rings. The number of unbranched alkanes of at least 4 members (excludes halogenated alkanes) is 10. The molecule has 204 valence electrons. The number of fused-ring (bicyclic) bond motifs is 3. The van der Waals surface area contributed by atoms with Crippen LogP contribution in [0.25, 0.3) is 0 Å². The van der Waals surface area contributed by atoms with Gasteiger partial charge in [0, 0.05) is 5.92 Å². The summed E-state index contributed by atoms with van der Waals surface area (Å²) in [6, 6.07) is 0.319. The highest BCUT2D eigenvalue weighted by atomic mass is 35.5. The Morgan fingerprint density at radius 3 is 1.80 bits per heavy atom. The first-order valence-corrected chi connectivity index (χ1v) is 16.4. The number of carbonyl (C=O) groups excluding carboxylic acids is 1. The Morgan fingerprint density at radius 2 is 1.26 bits per heavy atom. The van der Waals surface area contributed by atoms with Crippen molar-refractivity contribution in [1.29, 1.82) is 0 Å². The fourth-order valence-corrected chi connectivity index (χ4v) is 9.13. The molecule has 0 aromatic heterocycles. The monoisotopic (exact) mass is 528 g/mol. The Hall–Kier alpha value is 0.210. The largest absolute Gasteiger partial charge is 0.362 e. The third-order valence-electron chi connectivity index (χ3n) is 10.4. The van der Waals surface area contributed by atoms with Gasteiger partial charge in [0.25, 0.3) is 0 Å². The molecule has 3 aliphatic carbocycles. The van der Waals surface area contributed by atoms with Crippen molar-refractivity contribution in [2.45, 2.75) is 148 Å². The highest BCUT2D eigenvalue weighted by Crippen LogP contribution is 2.67. The van der Waals surface area contributed by atoms with Gasteiger partial charge in [0.15, 0.2) is 0 Å². The Kier molecular flexibility index (Phi) is 13.2. The number of ether oxygens (including phenoxy) is 1. The Labute approximate surface area is 227 Å². The first-order valence-electron chi connectivity index (χ1n) is 15.4. The summed E-state index contributed by atoms with van der Waals surface area (Å²) in [7, 11) is 0. The maximum absolute atomic E-state index is 12.3. The van der Waals surface area contributed by atoms with E-state index in [1.165, 1.54) is 116 Å². The molecule has 0 heterocycles. The lowest BCUT2D eigenvalue weighted by molar-refractivity contribution is -0.117. The quantitative estimate of drug-likeness (QED) is 0.106. The highest BCUT2D eigenvalue weighted by molar-refractivity contribution is 6.63. The molecule has 0 amide bonds. The van der Waals surface area contributed by atoms with Crippen molar-refractivity contribution in [2.75, 3.05) is 6.07 Å². The number of carbonyl (C=O) groups is 1. The van der Waals surface area contributed by atoms with Gasteiger partial charge >= 0.3 is 0 Å². The van der Waals surface area contributed by atoms with Crippen LogP contribution in [0.1, 0.15) is 142 Å². The molecule has 0 saturated heterocycles. The van der Waals surface area contributed by atoms with E-state index in [1.54, 1.807) is 0 Å². The minimum absolute atomic E-state index is 0.0743. The second-order valence-corrected chi connectivity index (χ2v) is 12.9. The van der Waals surface area contributed by atoms with E-state index < -0.39 is 0 Å². The third-order valence-corrected chi connectivity index (χ3v) is 10.8. The third kappa shape index (κ3) is 7.86. The lowest BCUT2D eigenvalue weighted by atomic mass is 9.59. The summed E-state index contributed by atoms with van der Waals surface area (Å²) in [6.45, 7) is 4.60. The van der Waals surface area contributed by atoms with Crippen molar-refractivity contribution >= 4 is 28.4 Å². The summed E-state index contributed by atoms with van der Waals surface area (Å²) >= 11 is 12.2. The van der Waals surface area contributed by atoms with Gasteiger partial charge in [-0.05, 0) is 92.1 Å². The summed E-state index contributed by atoms with van der Waals surface area (Å²) in [4.78, 5) is 12.3. The molecule has 0 aromatic rings. The number of halogens is 2. The van der Waals surface area contributed by atoms with Gasteiger partial charge in [-0.15, -0.1) is 0 Å². The highest BCUT2D eigenvalue weighted by Gasteiger charge is 2.61. The van der Waals surface area contributed by atoms with Gasteiger partial charge in [0.2, 0.25) is 5.24 Å². The summed E-state index contributed by atoms with van der Waals surface area (Å²) in [6.07, 6.45) is 26.3. The van der Waals surface area contributed by atoms with Crippen LogP contribution < -0.4 is 0 Å². The van der Waals surface area contributed by atoms with E-state index in [4.69, 9.17) is 27.9 Å². The molecule has 3 aliphatic rings. The summed E-state index contributed by atoms with van der Waals surface area (Å²) in [5.74, 6) is 3.13. The zero-order valence-corrected chi connectivity index (χ0v) is 24.4. The van der Waals surface area contributed by atoms with Crippen LogP contribution in [0.3, 0.4) is 0 Å². The average molecular weight is 530 g/mol. The molecule has 6 atom stereocenters. The Balaban J connectivity index is 1.79. The standard InChI is InChI=1S/C31H54Cl2O2/c1-3-5-7-9-11-13-19-31(20-14-12-10-8-6-4-2)28-21-24(30(33)34)15-17-26(28)27-18-16-25(35-23-32)22-29(27)31/h24-29H,3-23H2,1-2H3. The average Bonchev–Trinajstić information content (AvgIpc) is 3.12. The number of hydrogen-bond donors (Lipinski definition) is 0. The van der Waals surface area contributed by atoms with Gasteiger partial charge in [-0.25, -0.2) is 0 Å². The molecule has 0 radical (unpaired) electrons. The van der Waals surface area contributed by atoms with Crippen LogP contribution in [0.15, 0.2) is 0 Å². The molecular weight excluding hydrogens is 475 g/mol. The normalized spacial score (nSPS) is 31.8. The van der Waals surface area contributed by atoms with E-state index in [9.17, 15) is 4.79 Å². The van der Waals surface area contributed by atoms with Crippen molar-refractivity contribution in [3.05, 3.63) is 0 Å². The van der Waals surface area contributed by atoms with Gasteiger partial charge in [0.05, 0.1) is 6.10 Å². The molecule has 2 nitrogen and oxygen atoms in total. The van der Waals surface area contributed by atoms with E-state index in [0.717, 1.165) is 30.6 Å². The summed E-state index contributed by atoms with van der Waals surface area (Å²) in [5.41, 5.74) is 0.379. The maximum Gasteiger partial charge on any atom is 0.224 e. The maximum atomic E-state index is 12.3. The second kappa shape index (κ2) is 15.6. The smallest absolute Gasteiger partial charge is 0.224 e. The molecule has 6 unspecified atom stereocenters. The van der Waals surface area contributed by atoms with Crippen LogP contribution in [-0.4, -0.2) is 17.4 Å². The van der Waals surface area contributed by atoms with Gasteiger partial charge in [-0.2, -0.15) is 0 Å². The minimum atomic E-state index is -0.0743. The summed E-state index contributed by atoms with van der Waals surface area (Å²) in [5, 5.41) is -0.0743. The van der Waals surface area contributed by atoms with Crippen molar-refractivity contribution in [1.82, 2.24) is 0 Å². The first kappa shape index (κ1) is 29.8. The molecule has 0 aromatic carbocycles. The van der Waals surface area contributed by atoms with Gasteiger partial charge in [0.1, 0.15) is 6.07 Å². The zero-order chi connectivity index (χ0) is 25.1. The topological polar surface area (TPSA) is 26.3 Å². The number of hydrogen-bond acceptors (Lipinski definition) is 2. The molecule has 0 spiro atoms. The van der Waals surface area contributed by atoms with Gasteiger partial charge in [-0.3, -0.25) is 4.79 Å². The van der Waals surface area contributed by atoms with Gasteiger partial charge in [-0.1, -0.05) is 102 Å². The molecule has 3 saturated carbocycles. The SMILES string of the molecule is CCCCCCCCC1(CCCCCCCC)C2CC(OCCl)CCC2C2CCC(C(=O)Cl)CC21. The minimum Gasteiger partial charge on any atom is -0.362 e. The zero-order valence-electron chi connectivity index (χ0n) is 22.9. The van der Waals surface area contributed by atoms with Crippen molar-refractivity contribution in [3.8, 4) is 0 Å². The van der Waals surface area contributed by atoms with Crippen LogP contribution in [0.4, 0.5) is 0 Å². The van der Waals surface area contributed by atoms with E-state index in [0.29, 0.717) is 23.5 Å². The summed E-state index contributed by atoms with van der Waals surface area (Å²) < 4.78 is 6.03. The molecule has 35 heavy (non-hydrogen) atoms.